The number of hydrogen-bond donors (Lipinski definition) is 0. The predicted molar refractivity (Wildman–Crippen MR) is 184 cm³/mol. The molecule has 0 radical (unpaired) electrons. The molecular formula is C36H32BrF3N6O3. The Morgan fingerprint density at radius 3 is 2.24 bits per heavy atom. The van der Waals surface area contributed by atoms with Crippen LogP contribution < -0.4 is 9.64 Å². The van der Waals surface area contributed by atoms with Crippen LogP contribution in [0, 0.1) is 11.3 Å². The fourth-order valence-electron chi connectivity index (χ4n) is 5.66. The first kappa shape index (κ1) is 35.1. The minimum absolute atomic E-state index is 0. The first-order valence-corrected chi connectivity index (χ1v) is 15.2. The summed E-state index contributed by atoms with van der Waals surface area (Å²) in [5.74, 6) is 0.261. The van der Waals surface area contributed by atoms with Crippen molar-refractivity contribution in [3.05, 3.63) is 119 Å². The Morgan fingerprint density at radius 1 is 0.939 bits per heavy atom. The smallest absolute Gasteiger partial charge is 0.416 e. The molecule has 9 nitrogen and oxygen atoms in total. The minimum atomic E-state index is -4.48. The second kappa shape index (κ2) is 14.5. The van der Waals surface area contributed by atoms with E-state index in [9.17, 15) is 22.8 Å². The summed E-state index contributed by atoms with van der Waals surface area (Å²) in [5.41, 5.74) is 2.87. The van der Waals surface area contributed by atoms with Gasteiger partial charge in [0, 0.05) is 69.9 Å². The molecule has 0 unspecified atom stereocenters. The number of carbonyl (C=O) groups is 2. The molecule has 0 aliphatic carbocycles. The van der Waals surface area contributed by atoms with Gasteiger partial charge in [0.25, 0.3) is 11.8 Å². The number of amides is 2. The summed E-state index contributed by atoms with van der Waals surface area (Å²) in [7, 11) is 3.36. The fourth-order valence-corrected chi connectivity index (χ4v) is 5.66. The SMILES string of the molecule is Br.CN(C(=O)c1ccc(C(F)(F)F)cc1)c1ccc(Oc2ccc3cc(C(=O)N4CCN(Cc5ccc(C#N)cc5)CC4)n(C)c3c2)nc1. The predicted octanol–water partition coefficient (Wildman–Crippen LogP) is 7.07. The highest BCUT2D eigenvalue weighted by Gasteiger charge is 2.30. The van der Waals surface area contributed by atoms with Crippen LogP contribution in [-0.4, -0.2) is 64.4 Å². The Balaban J connectivity index is 0.00000468. The number of benzene rings is 3. The average Bonchev–Trinajstić information content (AvgIpc) is 3.43. The van der Waals surface area contributed by atoms with E-state index in [1.54, 1.807) is 18.2 Å². The topological polar surface area (TPSA) is 94.7 Å². The summed E-state index contributed by atoms with van der Waals surface area (Å²) in [6, 6.07) is 24.3. The van der Waals surface area contributed by atoms with Gasteiger partial charge in [-0.25, -0.2) is 4.98 Å². The largest absolute Gasteiger partial charge is 0.439 e. The number of fused-ring (bicyclic) bond motifs is 1. The number of carbonyl (C=O) groups excluding carboxylic acids is 2. The Kier molecular flexibility index (Phi) is 10.4. The van der Waals surface area contributed by atoms with Crippen LogP contribution in [0.1, 0.15) is 37.5 Å². The number of rotatable bonds is 7. The van der Waals surface area contributed by atoms with Crippen molar-refractivity contribution < 1.29 is 27.5 Å². The second-order valence-electron chi connectivity index (χ2n) is 11.6. The molecule has 2 aromatic heterocycles. The van der Waals surface area contributed by atoms with Crippen molar-refractivity contribution in [2.45, 2.75) is 12.7 Å². The van der Waals surface area contributed by atoms with E-state index >= 15 is 0 Å². The molecule has 1 aliphatic heterocycles. The monoisotopic (exact) mass is 732 g/mol. The molecular weight excluding hydrogens is 701 g/mol. The van der Waals surface area contributed by atoms with E-state index in [-0.39, 0.29) is 34.3 Å². The molecule has 49 heavy (non-hydrogen) atoms. The lowest BCUT2D eigenvalue weighted by molar-refractivity contribution is -0.137. The summed E-state index contributed by atoms with van der Waals surface area (Å²) < 4.78 is 46.5. The van der Waals surface area contributed by atoms with E-state index in [0.717, 1.165) is 60.4 Å². The molecule has 6 rings (SSSR count). The summed E-state index contributed by atoms with van der Waals surface area (Å²) in [6.07, 6.45) is -3.04. The van der Waals surface area contributed by atoms with Crippen LogP contribution >= 0.6 is 17.0 Å². The van der Waals surface area contributed by atoms with Crippen molar-refractivity contribution in [3.8, 4) is 17.7 Å². The van der Waals surface area contributed by atoms with Crippen molar-refractivity contribution in [2.24, 2.45) is 7.05 Å². The summed E-state index contributed by atoms with van der Waals surface area (Å²) >= 11 is 0. The molecule has 1 fully saturated rings. The number of nitriles is 1. The highest BCUT2D eigenvalue weighted by Crippen LogP contribution is 2.30. The van der Waals surface area contributed by atoms with Gasteiger partial charge in [0.2, 0.25) is 5.88 Å². The van der Waals surface area contributed by atoms with Crippen molar-refractivity contribution >= 4 is 45.4 Å². The number of aromatic nitrogens is 2. The first-order chi connectivity index (χ1) is 23.0. The molecule has 1 saturated heterocycles. The zero-order chi connectivity index (χ0) is 34.0. The van der Waals surface area contributed by atoms with Gasteiger partial charge >= 0.3 is 6.18 Å². The molecule has 1 aliphatic rings. The highest BCUT2D eigenvalue weighted by molar-refractivity contribution is 8.93. The van der Waals surface area contributed by atoms with Crippen molar-refractivity contribution in [1.29, 1.82) is 5.26 Å². The Morgan fingerprint density at radius 2 is 1.63 bits per heavy atom. The lowest BCUT2D eigenvalue weighted by Gasteiger charge is -2.34. The van der Waals surface area contributed by atoms with Gasteiger partial charge < -0.3 is 19.1 Å². The molecule has 5 aromatic rings. The number of hydrogen-bond acceptors (Lipinski definition) is 6. The maximum absolute atomic E-state index is 13.5. The molecule has 0 spiro atoms. The third kappa shape index (κ3) is 7.77. The number of ether oxygens (including phenoxy) is 1. The van der Waals surface area contributed by atoms with Crippen LogP contribution in [-0.2, 0) is 19.8 Å². The highest BCUT2D eigenvalue weighted by atomic mass is 79.9. The molecule has 0 saturated carbocycles. The molecule has 0 N–H and O–H groups in total. The van der Waals surface area contributed by atoms with Crippen LogP contribution in [0.4, 0.5) is 18.9 Å². The Hall–Kier alpha value is -5.19. The minimum Gasteiger partial charge on any atom is -0.439 e. The third-order valence-electron chi connectivity index (χ3n) is 8.48. The van der Waals surface area contributed by atoms with Gasteiger partial charge in [0.05, 0.1) is 34.6 Å². The van der Waals surface area contributed by atoms with E-state index in [1.165, 1.54) is 18.1 Å². The fraction of sp³-hybridized carbons (Fsp3) is 0.222. The van der Waals surface area contributed by atoms with Gasteiger partial charge in [0.15, 0.2) is 0 Å². The number of pyridine rings is 1. The molecule has 0 atom stereocenters. The summed E-state index contributed by atoms with van der Waals surface area (Å²) in [5, 5.41) is 9.90. The number of piperazine rings is 1. The van der Waals surface area contributed by atoms with E-state index in [1.807, 2.05) is 59.0 Å². The number of alkyl halides is 3. The van der Waals surface area contributed by atoms with E-state index in [0.29, 0.717) is 35.8 Å². The summed E-state index contributed by atoms with van der Waals surface area (Å²) in [4.78, 5) is 36.1. The van der Waals surface area contributed by atoms with Gasteiger partial charge in [-0.1, -0.05) is 12.1 Å². The molecule has 13 heteroatoms. The number of nitrogens with zero attached hydrogens (tertiary/aromatic N) is 6. The molecule has 3 heterocycles. The van der Waals surface area contributed by atoms with Gasteiger partial charge in [-0.2, -0.15) is 18.4 Å². The van der Waals surface area contributed by atoms with E-state index in [4.69, 9.17) is 10.00 Å². The third-order valence-corrected chi connectivity index (χ3v) is 8.48. The number of aryl methyl sites for hydroxylation is 1. The van der Waals surface area contributed by atoms with Crippen LogP contribution in [0.3, 0.4) is 0 Å². The second-order valence-corrected chi connectivity index (χ2v) is 11.6. The van der Waals surface area contributed by atoms with Crippen LogP contribution in [0.5, 0.6) is 11.6 Å². The van der Waals surface area contributed by atoms with Crippen molar-refractivity contribution in [1.82, 2.24) is 19.4 Å². The van der Waals surface area contributed by atoms with E-state index < -0.39 is 17.6 Å². The quantitative estimate of drug-likeness (QED) is 0.178. The van der Waals surface area contributed by atoms with Crippen LogP contribution in [0.25, 0.3) is 10.9 Å². The van der Waals surface area contributed by atoms with Gasteiger partial charge in [0.1, 0.15) is 11.4 Å². The van der Waals surface area contributed by atoms with E-state index in [2.05, 4.69) is 16.0 Å². The Labute approximate surface area is 291 Å². The standard InChI is InChI=1S/C36H31F3N6O3.BrH/c1-42(34(46)26-7-10-28(11-8-26)36(37,38)39)29-12-14-33(41-22-29)48-30-13-9-27-19-32(43(2)31(27)20-30)35(47)45-17-15-44(16-18-45)23-25-5-3-24(21-40)4-6-25;/h3-14,19-20,22H,15-18,23H2,1-2H3;1H. The molecule has 0 bridgehead atoms. The van der Waals surface area contributed by atoms with Crippen molar-refractivity contribution in [3.63, 3.8) is 0 Å². The van der Waals surface area contributed by atoms with Gasteiger partial charge in [-0.3, -0.25) is 14.5 Å². The molecule has 3 aromatic carbocycles. The maximum atomic E-state index is 13.5. The van der Waals surface area contributed by atoms with Crippen molar-refractivity contribution in [2.75, 3.05) is 38.1 Å². The average molecular weight is 734 g/mol. The molecule has 2 amide bonds. The lowest BCUT2D eigenvalue weighted by Crippen LogP contribution is -2.48. The summed E-state index contributed by atoms with van der Waals surface area (Å²) in [6.45, 7) is 3.48. The van der Waals surface area contributed by atoms with Crippen LogP contribution in [0.2, 0.25) is 0 Å². The number of anilines is 1. The number of halogens is 4. The maximum Gasteiger partial charge on any atom is 0.416 e. The van der Waals surface area contributed by atoms with Crippen LogP contribution in [0.15, 0.2) is 91.1 Å². The first-order valence-electron chi connectivity index (χ1n) is 15.2. The zero-order valence-electron chi connectivity index (χ0n) is 26.6. The zero-order valence-corrected chi connectivity index (χ0v) is 28.4. The van der Waals surface area contributed by atoms with Gasteiger partial charge in [-0.05, 0) is 66.2 Å². The molecule has 252 valence electrons. The normalized spacial score (nSPS) is 13.4. The lowest BCUT2D eigenvalue weighted by atomic mass is 10.1. The Bertz CT molecular complexity index is 2000. The van der Waals surface area contributed by atoms with Gasteiger partial charge in [-0.15, -0.1) is 17.0 Å².